The molecule has 1 aliphatic carbocycles. The summed E-state index contributed by atoms with van der Waals surface area (Å²) in [5.41, 5.74) is 1.69. The van der Waals surface area contributed by atoms with Crippen LogP contribution in [-0.2, 0) is 13.1 Å². The van der Waals surface area contributed by atoms with Crippen molar-refractivity contribution in [1.82, 2.24) is 14.9 Å². The number of hydrogen-bond donors (Lipinski definition) is 1. The van der Waals surface area contributed by atoms with Gasteiger partial charge in [0, 0.05) is 31.5 Å². The number of aryl methyl sites for hydroxylation is 1. The normalized spacial score (nSPS) is 14.8. The van der Waals surface area contributed by atoms with Crippen molar-refractivity contribution in [3.63, 3.8) is 0 Å². The molecule has 1 aromatic heterocycles. The quantitative estimate of drug-likeness (QED) is 0.894. The Morgan fingerprint density at radius 1 is 1.42 bits per heavy atom. The van der Waals surface area contributed by atoms with E-state index in [2.05, 4.69) is 10.3 Å². The van der Waals surface area contributed by atoms with Gasteiger partial charge in [-0.25, -0.2) is 9.37 Å². The Balaban J connectivity index is 1.88. The maximum absolute atomic E-state index is 14.0. The Labute approximate surface area is 112 Å². The first-order chi connectivity index (χ1) is 9.28. The number of hydrogen-bond acceptors (Lipinski definition) is 2. The van der Waals surface area contributed by atoms with Gasteiger partial charge in [-0.15, -0.1) is 0 Å². The van der Waals surface area contributed by atoms with E-state index in [1.54, 1.807) is 6.20 Å². The van der Waals surface area contributed by atoms with Crippen molar-refractivity contribution in [3.05, 3.63) is 42.0 Å². The minimum atomic E-state index is -0.212. The molecule has 4 heteroatoms. The van der Waals surface area contributed by atoms with Crippen LogP contribution in [0.1, 0.15) is 25.3 Å². The van der Waals surface area contributed by atoms with Gasteiger partial charge in [-0.3, -0.25) is 0 Å². The topological polar surface area (TPSA) is 29.9 Å². The first-order valence-corrected chi connectivity index (χ1v) is 6.81. The van der Waals surface area contributed by atoms with Gasteiger partial charge in [0.2, 0.25) is 0 Å². The van der Waals surface area contributed by atoms with Crippen LogP contribution >= 0.6 is 0 Å². The number of benzene rings is 1. The fourth-order valence-corrected chi connectivity index (χ4v) is 2.21. The molecule has 0 aliphatic heterocycles. The van der Waals surface area contributed by atoms with Crippen LogP contribution in [0, 0.1) is 5.82 Å². The Morgan fingerprint density at radius 3 is 3.00 bits per heavy atom. The molecule has 1 fully saturated rings. The molecule has 19 heavy (non-hydrogen) atoms. The maximum Gasteiger partial charge on any atom is 0.142 e. The highest BCUT2D eigenvalue weighted by molar-refractivity contribution is 5.57. The average molecular weight is 259 g/mol. The van der Waals surface area contributed by atoms with Crippen molar-refractivity contribution in [1.29, 1.82) is 0 Å². The van der Waals surface area contributed by atoms with Crippen molar-refractivity contribution in [3.8, 4) is 11.4 Å². The van der Waals surface area contributed by atoms with E-state index in [1.165, 1.54) is 18.9 Å². The summed E-state index contributed by atoms with van der Waals surface area (Å²) in [6.07, 6.45) is 6.11. The van der Waals surface area contributed by atoms with Gasteiger partial charge in [0.05, 0.1) is 5.56 Å². The number of nitrogens with zero attached hydrogens (tertiary/aromatic N) is 2. The Morgan fingerprint density at radius 2 is 2.26 bits per heavy atom. The van der Waals surface area contributed by atoms with E-state index in [-0.39, 0.29) is 5.82 Å². The summed E-state index contributed by atoms with van der Waals surface area (Å²) in [4.78, 5) is 4.27. The summed E-state index contributed by atoms with van der Waals surface area (Å²) >= 11 is 0. The molecule has 1 aliphatic rings. The van der Waals surface area contributed by atoms with Crippen LogP contribution in [0.25, 0.3) is 11.4 Å². The van der Waals surface area contributed by atoms with Crippen LogP contribution in [0.4, 0.5) is 4.39 Å². The third kappa shape index (κ3) is 2.68. The summed E-state index contributed by atoms with van der Waals surface area (Å²) in [6.45, 7) is 3.62. The second-order valence-electron chi connectivity index (χ2n) is 5.01. The van der Waals surface area contributed by atoms with Crippen LogP contribution in [0.3, 0.4) is 0 Å². The number of nitrogens with one attached hydrogen (secondary N) is 1. The zero-order valence-corrected chi connectivity index (χ0v) is 11.1. The van der Waals surface area contributed by atoms with Crippen LogP contribution < -0.4 is 5.32 Å². The van der Waals surface area contributed by atoms with E-state index < -0.39 is 0 Å². The van der Waals surface area contributed by atoms with Crippen LogP contribution in [0.15, 0.2) is 30.6 Å². The minimum absolute atomic E-state index is 0.212. The van der Waals surface area contributed by atoms with Gasteiger partial charge in [-0.2, -0.15) is 0 Å². The molecule has 2 aromatic rings. The molecule has 100 valence electrons. The smallest absolute Gasteiger partial charge is 0.142 e. The zero-order chi connectivity index (χ0) is 13.2. The molecule has 0 spiro atoms. The third-order valence-electron chi connectivity index (χ3n) is 3.50. The van der Waals surface area contributed by atoms with Crippen LogP contribution in [0.5, 0.6) is 0 Å². The Hall–Kier alpha value is -1.68. The van der Waals surface area contributed by atoms with Gasteiger partial charge < -0.3 is 9.88 Å². The maximum atomic E-state index is 14.0. The standard InChI is InChI=1S/C15H18FN3/c1-2-19-8-7-17-15(19)13-9-11(3-6-14(13)16)10-18-12-4-5-12/h3,6-9,12,18H,2,4-5,10H2,1H3. The fraction of sp³-hybridized carbons (Fsp3) is 0.400. The predicted molar refractivity (Wildman–Crippen MR) is 73.2 cm³/mol. The van der Waals surface area contributed by atoms with E-state index in [4.69, 9.17) is 0 Å². The highest BCUT2D eigenvalue weighted by atomic mass is 19.1. The lowest BCUT2D eigenvalue weighted by molar-refractivity contribution is 0.624. The minimum Gasteiger partial charge on any atom is -0.331 e. The van der Waals surface area contributed by atoms with Crippen molar-refractivity contribution >= 4 is 0 Å². The van der Waals surface area contributed by atoms with Crippen molar-refractivity contribution < 1.29 is 4.39 Å². The highest BCUT2D eigenvalue weighted by Crippen LogP contribution is 2.24. The third-order valence-corrected chi connectivity index (χ3v) is 3.50. The molecule has 0 amide bonds. The van der Waals surface area contributed by atoms with E-state index >= 15 is 0 Å². The molecular weight excluding hydrogens is 241 g/mol. The summed E-state index contributed by atoms with van der Waals surface area (Å²) in [7, 11) is 0. The first-order valence-electron chi connectivity index (χ1n) is 6.81. The summed E-state index contributed by atoms with van der Waals surface area (Å²) in [6, 6.07) is 5.94. The summed E-state index contributed by atoms with van der Waals surface area (Å²) in [5.74, 6) is 0.490. The van der Waals surface area contributed by atoms with Gasteiger partial charge in [0.25, 0.3) is 0 Å². The van der Waals surface area contributed by atoms with Gasteiger partial charge in [-0.05, 0) is 37.5 Å². The molecule has 0 radical (unpaired) electrons. The lowest BCUT2D eigenvalue weighted by Gasteiger charge is -2.09. The molecule has 3 nitrogen and oxygen atoms in total. The largest absolute Gasteiger partial charge is 0.331 e. The van der Waals surface area contributed by atoms with Crippen LogP contribution in [0.2, 0.25) is 0 Å². The summed E-state index contributed by atoms with van der Waals surface area (Å²) < 4.78 is 15.9. The predicted octanol–water partition coefficient (Wildman–Crippen LogP) is 2.96. The molecular formula is C15H18FN3. The number of imidazole rings is 1. The second kappa shape index (κ2) is 5.13. The number of halogens is 1. The van der Waals surface area contributed by atoms with Gasteiger partial charge in [0.15, 0.2) is 0 Å². The monoisotopic (exact) mass is 259 g/mol. The zero-order valence-electron chi connectivity index (χ0n) is 11.1. The van der Waals surface area contributed by atoms with Gasteiger partial charge in [-0.1, -0.05) is 6.07 Å². The fourth-order valence-electron chi connectivity index (χ4n) is 2.21. The Bertz CT molecular complexity index is 573. The van der Waals surface area contributed by atoms with Gasteiger partial charge >= 0.3 is 0 Å². The van der Waals surface area contributed by atoms with E-state index in [0.29, 0.717) is 17.4 Å². The van der Waals surface area contributed by atoms with Gasteiger partial charge in [0.1, 0.15) is 11.6 Å². The van der Waals surface area contributed by atoms with Crippen molar-refractivity contribution in [2.75, 3.05) is 0 Å². The van der Waals surface area contributed by atoms with Crippen LogP contribution in [-0.4, -0.2) is 15.6 Å². The molecule has 1 N–H and O–H groups in total. The lowest BCUT2D eigenvalue weighted by Crippen LogP contribution is -2.15. The molecule has 0 unspecified atom stereocenters. The van der Waals surface area contributed by atoms with Crippen molar-refractivity contribution in [2.45, 2.75) is 38.9 Å². The molecule has 1 saturated carbocycles. The van der Waals surface area contributed by atoms with Crippen molar-refractivity contribution in [2.24, 2.45) is 0 Å². The molecule has 3 rings (SSSR count). The number of aromatic nitrogens is 2. The molecule has 1 heterocycles. The number of rotatable bonds is 5. The van der Waals surface area contributed by atoms with E-state index in [1.807, 2.05) is 29.8 Å². The van der Waals surface area contributed by atoms with E-state index in [9.17, 15) is 4.39 Å². The first kappa shape index (κ1) is 12.4. The summed E-state index contributed by atoms with van der Waals surface area (Å²) in [5, 5.41) is 3.44. The molecule has 0 bridgehead atoms. The molecule has 0 saturated heterocycles. The second-order valence-corrected chi connectivity index (χ2v) is 5.01. The van der Waals surface area contributed by atoms with E-state index in [0.717, 1.165) is 18.7 Å². The molecule has 0 atom stereocenters. The average Bonchev–Trinajstić information content (AvgIpc) is 3.13. The highest BCUT2D eigenvalue weighted by Gasteiger charge is 2.20. The Kier molecular flexibility index (Phi) is 3.34. The SMILES string of the molecule is CCn1ccnc1-c1cc(CNC2CC2)ccc1F. The molecule has 1 aromatic carbocycles. The lowest BCUT2D eigenvalue weighted by atomic mass is 10.1.